The van der Waals surface area contributed by atoms with Crippen LogP contribution in [0.4, 0.5) is 0 Å². The smallest absolute Gasteiger partial charge is 0.294 e. The minimum atomic E-state index is -0.562. The standard InChI is InChI=1S/C8H14N2O3/c11-8(7-10(12)13)9-5-3-1-2-4-6-9/h1-7H2. The zero-order valence-electron chi connectivity index (χ0n) is 7.57. The summed E-state index contributed by atoms with van der Waals surface area (Å²) in [7, 11) is 0. The highest BCUT2D eigenvalue weighted by atomic mass is 16.6. The maximum Gasteiger partial charge on any atom is 0.294 e. The Morgan fingerprint density at radius 3 is 2.23 bits per heavy atom. The molecule has 0 bridgehead atoms. The topological polar surface area (TPSA) is 63.4 Å². The second-order valence-corrected chi connectivity index (χ2v) is 3.29. The summed E-state index contributed by atoms with van der Waals surface area (Å²) in [5.74, 6) is -0.341. The molecular weight excluding hydrogens is 172 g/mol. The summed E-state index contributed by atoms with van der Waals surface area (Å²) < 4.78 is 0. The number of carbonyl (C=O) groups is 1. The molecule has 1 aliphatic rings. The number of amides is 1. The molecule has 5 nitrogen and oxygen atoms in total. The molecule has 74 valence electrons. The van der Waals surface area contributed by atoms with Gasteiger partial charge in [0, 0.05) is 18.0 Å². The second kappa shape index (κ2) is 4.79. The van der Waals surface area contributed by atoms with Crippen molar-refractivity contribution in [3.8, 4) is 0 Å². The Labute approximate surface area is 76.9 Å². The van der Waals surface area contributed by atoms with Gasteiger partial charge in [0.25, 0.3) is 12.5 Å². The van der Waals surface area contributed by atoms with Gasteiger partial charge in [0.05, 0.1) is 0 Å². The first-order valence-corrected chi connectivity index (χ1v) is 4.60. The van der Waals surface area contributed by atoms with Crippen molar-refractivity contribution in [3.63, 3.8) is 0 Å². The lowest BCUT2D eigenvalue weighted by Gasteiger charge is -2.17. The summed E-state index contributed by atoms with van der Waals surface area (Å²) in [6.45, 7) is 0.819. The van der Waals surface area contributed by atoms with Gasteiger partial charge >= 0.3 is 0 Å². The third-order valence-electron chi connectivity index (χ3n) is 2.22. The predicted octanol–water partition coefficient (Wildman–Crippen LogP) is 0.666. The van der Waals surface area contributed by atoms with Crippen LogP contribution in [0.3, 0.4) is 0 Å². The lowest BCUT2D eigenvalue weighted by atomic mass is 10.2. The van der Waals surface area contributed by atoms with Crippen LogP contribution in [0.5, 0.6) is 0 Å². The Bertz CT molecular complexity index is 198. The van der Waals surface area contributed by atoms with Crippen LogP contribution in [0, 0.1) is 10.1 Å². The van der Waals surface area contributed by atoms with Gasteiger partial charge in [-0.25, -0.2) is 0 Å². The molecule has 1 heterocycles. The Morgan fingerprint density at radius 2 is 1.77 bits per heavy atom. The van der Waals surface area contributed by atoms with Gasteiger partial charge in [-0.3, -0.25) is 14.9 Å². The quantitative estimate of drug-likeness (QED) is 0.470. The van der Waals surface area contributed by atoms with Crippen LogP contribution in [-0.4, -0.2) is 35.4 Å². The van der Waals surface area contributed by atoms with Crippen molar-refractivity contribution in [3.05, 3.63) is 10.1 Å². The molecule has 0 spiro atoms. The van der Waals surface area contributed by atoms with Crippen molar-refractivity contribution >= 4 is 5.91 Å². The van der Waals surface area contributed by atoms with Gasteiger partial charge in [0.2, 0.25) is 0 Å². The van der Waals surface area contributed by atoms with Gasteiger partial charge in [0.1, 0.15) is 0 Å². The van der Waals surface area contributed by atoms with Crippen LogP contribution >= 0.6 is 0 Å². The van der Waals surface area contributed by atoms with Crippen molar-refractivity contribution < 1.29 is 9.72 Å². The van der Waals surface area contributed by atoms with Crippen molar-refractivity contribution in [1.29, 1.82) is 0 Å². The highest BCUT2D eigenvalue weighted by molar-refractivity contribution is 5.77. The molecule has 0 N–H and O–H groups in total. The maximum atomic E-state index is 11.2. The summed E-state index contributed by atoms with van der Waals surface area (Å²) in [6, 6.07) is 0. The summed E-state index contributed by atoms with van der Waals surface area (Å²) in [6.07, 6.45) is 4.21. The highest BCUT2D eigenvalue weighted by Gasteiger charge is 2.19. The first kappa shape index (κ1) is 9.95. The van der Waals surface area contributed by atoms with E-state index in [1.165, 1.54) is 0 Å². The van der Waals surface area contributed by atoms with E-state index in [-0.39, 0.29) is 5.91 Å². The molecule has 0 atom stereocenters. The number of nitro groups is 1. The summed E-state index contributed by atoms with van der Waals surface area (Å²) in [5, 5.41) is 10.1. The molecule has 5 heteroatoms. The van der Waals surface area contributed by atoms with E-state index in [0.717, 1.165) is 25.7 Å². The first-order valence-electron chi connectivity index (χ1n) is 4.60. The molecule has 0 aromatic heterocycles. The first-order chi connectivity index (χ1) is 6.20. The molecule has 1 rings (SSSR count). The maximum absolute atomic E-state index is 11.2. The van der Waals surface area contributed by atoms with E-state index in [2.05, 4.69) is 0 Å². The van der Waals surface area contributed by atoms with Crippen LogP contribution < -0.4 is 0 Å². The number of nitrogens with zero attached hydrogens (tertiary/aromatic N) is 2. The third-order valence-corrected chi connectivity index (χ3v) is 2.22. The van der Waals surface area contributed by atoms with Crippen molar-refractivity contribution in [2.24, 2.45) is 0 Å². The molecule has 1 fully saturated rings. The second-order valence-electron chi connectivity index (χ2n) is 3.29. The normalized spacial score (nSPS) is 18.0. The lowest BCUT2D eigenvalue weighted by molar-refractivity contribution is -0.468. The molecule has 0 aromatic rings. The Morgan fingerprint density at radius 1 is 1.23 bits per heavy atom. The minimum absolute atomic E-state index is 0.341. The lowest BCUT2D eigenvalue weighted by Crippen LogP contribution is -2.36. The van der Waals surface area contributed by atoms with Crippen LogP contribution in [0.15, 0.2) is 0 Å². The fourth-order valence-electron chi connectivity index (χ4n) is 1.53. The fourth-order valence-corrected chi connectivity index (χ4v) is 1.53. The van der Waals surface area contributed by atoms with Gasteiger partial charge in [-0.2, -0.15) is 0 Å². The van der Waals surface area contributed by atoms with Crippen molar-refractivity contribution in [1.82, 2.24) is 4.90 Å². The summed E-state index contributed by atoms with van der Waals surface area (Å²) >= 11 is 0. The fraction of sp³-hybridized carbons (Fsp3) is 0.875. The Balaban J connectivity index is 2.39. The Hall–Kier alpha value is -1.13. The number of rotatable bonds is 2. The van der Waals surface area contributed by atoms with Crippen molar-refractivity contribution in [2.75, 3.05) is 19.6 Å². The van der Waals surface area contributed by atoms with Gasteiger partial charge in [-0.15, -0.1) is 0 Å². The van der Waals surface area contributed by atoms with Gasteiger partial charge in [0.15, 0.2) is 0 Å². The molecule has 0 radical (unpaired) electrons. The number of hydrogen-bond donors (Lipinski definition) is 0. The van der Waals surface area contributed by atoms with Crippen molar-refractivity contribution in [2.45, 2.75) is 25.7 Å². The largest absolute Gasteiger partial charge is 0.337 e. The molecular formula is C8H14N2O3. The zero-order valence-corrected chi connectivity index (χ0v) is 7.57. The monoisotopic (exact) mass is 186 g/mol. The third kappa shape index (κ3) is 3.40. The van der Waals surface area contributed by atoms with E-state index in [9.17, 15) is 14.9 Å². The van der Waals surface area contributed by atoms with E-state index in [0.29, 0.717) is 13.1 Å². The molecule has 0 unspecified atom stereocenters. The minimum Gasteiger partial charge on any atom is -0.337 e. The number of likely N-dealkylation sites (tertiary alicyclic amines) is 1. The molecule has 0 saturated carbocycles. The molecule has 1 aliphatic heterocycles. The average molecular weight is 186 g/mol. The number of carbonyl (C=O) groups excluding carboxylic acids is 1. The van der Waals surface area contributed by atoms with Gasteiger partial charge < -0.3 is 4.90 Å². The van der Waals surface area contributed by atoms with Crippen LogP contribution in [0.1, 0.15) is 25.7 Å². The SMILES string of the molecule is O=C(C[N+](=O)[O-])N1CCCCCC1. The van der Waals surface area contributed by atoms with E-state index >= 15 is 0 Å². The molecule has 0 aliphatic carbocycles. The van der Waals surface area contributed by atoms with E-state index < -0.39 is 11.5 Å². The number of hydrogen-bond acceptors (Lipinski definition) is 3. The van der Waals surface area contributed by atoms with E-state index in [1.54, 1.807) is 4.90 Å². The van der Waals surface area contributed by atoms with Crippen LogP contribution in [0.25, 0.3) is 0 Å². The summed E-state index contributed by atoms with van der Waals surface area (Å²) in [5.41, 5.74) is 0. The van der Waals surface area contributed by atoms with E-state index in [4.69, 9.17) is 0 Å². The molecule has 1 amide bonds. The Kier molecular flexibility index (Phi) is 3.67. The van der Waals surface area contributed by atoms with Gasteiger partial charge in [-0.1, -0.05) is 12.8 Å². The van der Waals surface area contributed by atoms with Gasteiger partial charge in [-0.05, 0) is 12.8 Å². The molecule has 1 saturated heterocycles. The van der Waals surface area contributed by atoms with Crippen LogP contribution in [-0.2, 0) is 4.79 Å². The highest BCUT2D eigenvalue weighted by Crippen LogP contribution is 2.09. The molecule has 0 aromatic carbocycles. The predicted molar refractivity (Wildman–Crippen MR) is 46.9 cm³/mol. The zero-order chi connectivity index (χ0) is 9.68. The van der Waals surface area contributed by atoms with E-state index in [1.807, 2.05) is 0 Å². The summed E-state index contributed by atoms with van der Waals surface area (Å²) in [4.78, 5) is 22.4. The molecule has 13 heavy (non-hydrogen) atoms. The average Bonchev–Trinajstić information content (AvgIpc) is 2.29. The van der Waals surface area contributed by atoms with Crippen LogP contribution in [0.2, 0.25) is 0 Å².